The van der Waals surface area contributed by atoms with E-state index in [1.807, 2.05) is 37.3 Å². The molecule has 2 unspecified atom stereocenters. The SMILES string of the molecule is CCCCNC(=O)N1CCN(C(=O)C(Cc2ccccc2)NC(=O)C(Cl)Cl)CC1C. The second-order valence-corrected chi connectivity index (χ2v) is 8.56. The number of alkyl halides is 2. The van der Waals surface area contributed by atoms with Gasteiger partial charge in [-0.25, -0.2) is 4.79 Å². The van der Waals surface area contributed by atoms with Gasteiger partial charge in [0.2, 0.25) is 5.91 Å². The van der Waals surface area contributed by atoms with E-state index in [-0.39, 0.29) is 18.0 Å². The number of hydrogen-bond donors (Lipinski definition) is 2. The topological polar surface area (TPSA) is 81.8 Å². The minimum atomic E-state index is -1.25. The molecule has 2 rings (SSSR count). The monoisotopic (exact) mass is 456 g/mol. The van der Waals surface area contributed by atoms with Crippen molar-refractivity contribution in [3.63, 3.8) is 0 Å². The van der Waals surface area contributed by atoms with Crippen LogP contribution >= 0.6 is 23.2 Å². The molecular formula is C21H30Cl2N4O3. The fraction of sp³-hybridized carbons (Fsp3) is 0.571. The highest BCUT2D eigenvalue weighted by Gasteiger charge is 2.34. The Balaban J connectivity index is 2.03. The van der Waals surface area contributed by atoms with E-state index in [0.717, 1.165) is 18.4 Å². The van der Waals surface area contributed by atoms with E-state index in [1.54, 1.807) is 9.80 Å². The van der Waals surface area contributed by atoms with Crippen LogP contribution in [0.5, 0.6) is 0 Å². The summed E-state index contributed by atoms with van der Waals surface area (Å²) in [6, 6.07) is 8.41. The van der Waals surface area contributed by atoms with Crippen molar-refractivity contribution in [2.24, 2.45) is 0 Å². The number of halogens is 2. The number of hydrogen-bond acceptors (Lipinski definition) is 3. The first kappa shape index (κ1) is 24.3. The van der Waals surface area contributed by atoms with E-state index in [2.05, 4.69) is 17.6 Å². The number of amides is 4. The van der Waals surface area contributed by atoms with Crippen molar-refractivity contribution in [1.82, 2.24) is 20.4 Å². The Hall–Kier alpha value is -1.99. The Labute approximate surface area is 188 Å². The summed E-state index contributed by atoms with van der Waals surface area (Å²) in [5.74, 6) is -0.811. The van der Waals surface area contributed by atoms with Gasteiger partial charge in [-0.1, -0.05) is 66.9 Å². The smallest absolute Gasteiger partial charge is 0.317 e. The molecule has 1 aliphatic rings. The van der Waals surface area contributed by atoms with Gasteiger partial charge in [0.25, 0.3) is 5.91 Å². The van der Waals surface area contributed by atoms with Gasteiger partial charge in [-0.2, -0.15) is 0 Å². The molecule has 30 heavy (non-hydrogen) atoms. The van der Waals surface area contributed by atoms with E-state index in [0.29, 0.717) is 32.6 Å². The number of nitrogens with one attached hydrogen (secondary N) is 2. The summed E-state index contributed by atoms with van der Waals surface area (Å²) in [5, 5.41) is 5.58. The highest BCUT2D eigenvalue weighted by molar-refractivity contribution is 6.53. The van der Waals surface area contributed by atoms with Gasteiger partial charge in [0, 0.05) is 38.6 Å². The third kappa shape index (κ3) is 7.06. The number of urea groups is 1. The number of nitrogens with zero attached hydrogens (tertiary/aromatic N) is 2. The lowest BCUT2D eigenvalue weighted by Gasteiger charge is -2.41. The van der Waals surface area contributed by atoms with Gasteiger partial charge in [-0.05, 0) is 18.9 Å². The largest absolute Gasteiger partial charge is 0.342 e. The van der Waals surface area contributed by atoms with Crippen molar-refractivity contribution in [3.05, 3.63) is 35.9 Å². The Kier molecular flexibility index (Phi) is 9.72. The number of piperazine rings is 1. The van der Waals surface area contributed by atoms with E-state index >= 15 is 0 Å². The molecule has 166 valence electrons. The summed E-state index contributed by atoms with van der Waals surface area (Å²) in [6.45, 7) is 5.86. The summed E-state index contributed by atoms with van der Waals surface area (Å²) in [4.78, 5) is 39.8. The molecule has 0 bridgehead atoms. The Bertz CT molecular complexity index is 717. The number of unbranched alkanes of at least 4 members (excludes halogenated alkanes) is 1. The van der Waals surface area contributed by atoms with Crippen LogP contribution in [0.1, 0.15) is 32.3 Å². The van der Waals surface area contributed by atoms with Crippen molar-refractivity contribution in [1.29, 1.82) is 0 Å². The fourth-order valence-corrected chi connectivity index (χ4v) is 3.56. The third-order valence-corrected chi connectivity index (χ3v) is 5.50. The van der Waals surface area contributed by atoms with Crippen LogP contribution in [0.25, 0.3) is 0 Å². The summed E-state index contributed by atoms with van der Waals surface area (Å²) >= 11 is 11.3. The van der Waals surface area contributed by atoms with Crippen LogP contribution < -0.4 is 10.6 Å². The molecule has 2 atom stereocenters. The normalized spacial score (nSPS) is 17.6. The number of carbonyl (C=O) groups is 3. The molecule has 1 aliphatic heterocycles. The van der Waals surface area contributed by atoms with Gasteiger partial charge in [-0.15, -0.1) is 0 Å². The lowest BCUT2D eigenvalue weighted by Crippen LogP contribution is -2.61. The van der Waals surface area contributed by atoms with Crippen LogP contribution in [0.15, 0.2) is 30.3 Å². The standard InChI is InChI=1S/C21H30Cl2N4O3/c1-3-4-10-24-21(30)27-12-11-26(14-15(27)2)20(29)17(25-19(28)18(22)23)13-16-8-6-5-7-9-16/h5-9,15,17-18H,3-4,10-14H2,1-2H3,(H,24,30)(H,25,28). The Morgan fingerprint density at radius 3 is 2.47 bits per heavy atom. The third-order valence-electron chi connectivity index (χ3n) is 5.10. The molecule has 1 fully saturated rings. The summed E-state index contributed by atoms with van der Waals surface area (Å²) in [5.41, 5.74) is 0.916. The average Bonchev–Trinajstić information content (AvgIpc) is 2.73. The van der Waals surface area contributed by atoms with Crippen molar-refractivity contribution in [3.8, 4) is 0 Å². The predicted molar refractivity (Wildman–Crippen MR) is 119 cm³/mol. The summed E-state index contributed by atoms with van der Waals surface area (Å²) < 4.78 is 0. The summed E-state index contributed by atoms with van der Waals surface area (Å²) in [7, 11) is 0. The minimum absolute atomic E-state index is 0.107. The average molecular weight is 457 g/mol. The van der Waals surface area contributed by atoms with E-state index in [1.165, 1.54) is 0 Å². The molecule has 0 aromatic heterocycles. The van der Waals surface area contributed by atoms with Gasteiger partial charge < -0.3 is 20.4 Å². The second-order valence-electron chi connectivity index (χ2n) is 7.46. The van der Waals surface area contributed by atoms with Crippen LogP contribution in [-0.4, -0.2) is 70.7 Å². The van der Waals surface area contributed by atoms with E-state index in [4.69, 9.17) is 23.2 Å². The molecule has 0 saturated carbocycles. The van der Waals surface area contributed by atoms with Gasteiger partial charge in [0.15, 0.2) is 4.84 Å². The maximum absolute atomic E-state index is 13.2. The lowest BCUT2D eigenvalue weighted by molar-refractivity contribution is -0.138. The molecule has 9 heteroatoms. The molecule has 7 nitrogen and oxygen atoms in total. The number of benzene rings is 1. The van der Waals surface area contributed by atoms with Crippen molar-refractivity contribution < 1.29 is 14.4 Å². The Morgan fingerprint density at radius 2 is 1.87 bits per heavy atom. The van der Waals surface area contributed by atoms with Crippen LogP contribution in [-0.2, 0) is 16.0 Å². The van der Waals surface area contributed by atoms with Crippen molar-refractivity contribution >= 4 is 41.0 Å². The first-order valence-electron chi connectivity index (χ1n) is 10.3. The Morgan fingerprint density at radius 1 is 1.17 bits per heavy atom. The van der Waals surface area contributed by atoms with Gasteiger partial charge in [0.05, 0.1) is 0 Å². The summed E-state index contributed by atoms with van der Waals surface area (Å²) in [6.07, 6.45) is 2.28. The lowest BCUT2D eigenvalue weighted by atomic mass is 10.0. The molecule has 1 heterocycles. The molecular weight excluding hydrogens is 427 g/mol. The van der Waals surface area contributed by atoms with E-state index in [9.17, 15) is 14.4 Å². The predicted octanol–water partition coefficient (Wildman–Crippen LogP) is 2.56. The highest BCUT2D eigenvalue weighted by Crippen LogP contribution is 2.14. The van der Waals surface area contributed by atoms with Gasteiger partial charge in [0.1, 0.15) is 6.04 Å². The van der Waals surface area contributed by atoms with Crippen molar-refractivity contribution in [2.45, 2.75) is 50.0 Å². The van der Waals surface area contributed by atoms with Crippen LogP contribution in [0.3, 0.4) is 0 Å². The fourth-order valence-electron chi connectivity index (χ4n) is 3.44. The first-order valence-corrected chi connectivity index (χ1v) is 11.2. The number of rotatable bonds is 8. The van der Waals surface area contributed by atoms with E-state index < -0.39 is 16.8 Å². The molecule has 1 aromatic carbocycles. The van der Waals surface area contributed by atoms with Gasteiger partial charge >= 0.3 is 6.03 Å². The molecule has 2 N–H and O–H groups in total. The zero-order chi connectivity index (χ0) is 22.1. The molecule has 0 spiro atoms. The zero-order valence-corrected chi connectivity index (χ0v) is 19.0. The maximum Gasteiger partial charge on any atom is 0.317 e. The molecule has 1 aromatic rings. The molecule has 1 saturated heterocycles. The van der Waals surface area contributed by atoms with Crippen LogP contribution in [0.2, 0.25) is 0 Å². The maximum atomic E-state index is 13.2. The van der Waals surface area contributed by atoms with Crippen molar-refractivity contribution in [2.75, 3.05) is 26.2 Å². The minimum Gasteiger partial charge on any atom is -0.342 e. The van der Waals surface area contributed by atoms with Gasteiger partial charge in [-0.3, -0.25) is 9.59 Å². The quantitative estimate of drug-likeness (QED) is 0.465. The van der Waals surface area contributed by atoms with Crippen LogP contribution in [0, 0.1) is 0 Å². The second kappa shape index (κ2) is 12.0. The van der Waals surface area contributed by atoms with Crippen LogP contribution in [0.4, 0.5) is 4.79 Å². The molecule has 0 aliphatic carbocycles. The molecule has 0 radical (unpaired) electrons. The first-order chi connectivity index (χ1) is 14.3. The zero-order valence-electron chi connectivity index (χ0n) is 17.4. The molecule has 4 amide bonds. The number of carbonyl (C=O) groups excluding carboxylic acids is 3. The highest BCUT2D eigenvalue weighted by atomic mass is 35.5.